The van der Waals surface area contributed by atoms with Crippen molar-refractivity contribution in [3.8, 4) is 0 Å². The number of halogens is 2. The Morgan fingerprint density at radius 3 is 2.80 bits per heavy atom. The predicted octanol–water partition coefficient (Wildman–Crippen LogP) is 2.58. The van der Waals surface area contributed by atoms with Gasteiger partial charge in [-0.05, 0) is 30.5 Å². The molecule has 0 aromatic heterocycles. The van der Waals surface area contributed by atoms with Gasteiger partial charge in [0, 0.05) is 23.9 Å². The number of hydrogen-bond acceptors (Lipinski definition) is 2. The van der Waals surface area contributed by atoms with E-state index in [1.807, 2.05) is 6.92 Å². The van der Waals surface area contributed by atoms with Gasteiger partial charge in [0.15, 0.2) is 0 Å². The Bertz CT molecular complexity index is 536. The van der Waals surface area contributed by atoms with E-state index in [9.17, 15) is 14.0 Å². The Balaban J connectivity index is 1.75. The van der Waals surface area contributed by atoms with E-state index in [0.717, 1.165) is 6.42 Å². The van der Waals surface area contributed by atoms with Gasteiger partial charge in [0.25, 0.3) is 0 Å². The zero-order valence-electron chi connectivity index (χ0n) is 11.1. The van der Waals surface area contributed by atoms with Gasteiger partial charge in [-0.25, -0.2) is 4.39 Å². The minimum absolute atomic E-state index is 0.0146. The van der Waals surface area contributed by atoms with Crippen LogP contribution in [0.2, 0.25) is 5.02 Å². The quantitative estimate of drug-likeness (QED) is 0.878. The minimum atomic E-state index is -0.543. The summed E-state index contributed by atoms with van der Waals surface area (Å²) in [5, 5.41) is 5.47. The molecule has 0 aliphatic heterocycles. The molecule has 2 atom stereocenters. The third-order valence-electron chi connectivity index (χ3n) is 3.30. The van der Waals surface area contributed by atoms with Gasteiger partial charge >= 0.3 is 0 Å². The second kappa shape index (κ2) is 6.22. The number of carbonyl (C=O) groups excluding carboxylic acids is 2. The summed E-state index contributed by atoms with van der Waals surface area (Å²) in [6.45, 7) is 2.26. The number of benzene rings is 1. The van der Waals surface area contributed by atoms with Gasteiger partial charge in [0.05, 0.1) is 5.69 Å². The average molecular weight is 299 g/mol. The molecule has 0 spiro atoms. The van der Waals surface area contributed by atoms with Gasteiger partial charge in [-0.2, -0.15) is 0 Å². The minimum Gasteiger partial charge on any atom is -0.355 e. The highest BCUT2D eigenvalue weighted by Gasteiger charge is 2.38. The lowest BCUT2D eigenvalue weighted by atomic mass is 10.3. The molecule has 4 nitrogen and oxygen atoms in total. The lowest BCUT2D eigenvalue weighted by molar-refractivity contribution is -0.122. The summed E-state index contributed by atoms with van der Waals surface area (Å²) in [5.74, 6) is -0.402. The van der Waals surface area contributed by atoms with Crippen LogP contribution in [-0.4, -0.2) is 18.4 Å². The van der Waals surface area contributed by atoms with Crippen molar-refractivity contribution in [2.75, 3.05) is 11.9 Å². The zero-order valence-corrected chi connectivity index (χ0v) is 11.8. The normalized spacial score (nSPS) is 20.4. The van der Waals surface area contributed by atoms with Gasteiger partial charge in [-0.3, -0.25) is 9.59 Å². The van der Waals surface area contributed by atoms with Crippen molar-refractivity contribution in [1.29, 1.82) is 0 Å². The maximum atomic E-state index is 13.4. The smallest absolute Gasteiger partial charge is 0.226 e. The van der Waals surface area contributed by atoms with Crippen molar-refractivity contribution in [2.24, 2.45) is 11.8 Å². The molecule has 6 heteroatoms. The van der Waals surface area contributed by atoms with Crippen LogP contribution in [0.25, 0.3) is 0 Å². The Hall–Kier alpha value is -1.62. The molecule has 0 bridgehead atoms. The van der Waals surface area contributed by atoms with Gasteiger partial charge < -0.3 is 10.6 Å². The number of carbonyl (C=O) groups is 2. The SMILES string of the molecule is C[C@@H]1C[C@@H]1C(=O)NCCC(=O)Nc1cc(Cl)ccc1F. The van der Waals surface area contributed by atoms with E-state index in [1.54, 1.807) is 0 Å². The van der Waals surface area contributed by atoms with Crippen LogP contribution in [0.4, 0.5) is 10.1 Å². The van der Waals surface area contributed by atoms with Gasteiger partial charge in [-0.1, -0.05) is 18.5 Å². The lowest BCUT2D eigenvalue weighted by Crippen LogP contribution is -2.29. The molecule has 2 amide bonds. The molecule has 1 aliphatic carbocycles. The molecular formula is C14H16ClFN2O2. The fourth-order valence-electron chi connectivity index (χ4n) is 1.92. The number of amides is 2. The van der Waals surface area contributed by atoms with Crippen LogP contribution >= 0.6 is 11.6 Å². The molecule has 1 aromatic carbocycles. The third kappa shape index (κ3) is 3.93. The van der Waals surface area contributed by atoms with E-state index in [2.05, 4.69) is 10.6 Å². The highest BCUT2D eigenvalue weighted by molar-refractivity contribution is 6.30. The Morgan fingerprint density at radius 2 is 2.15 bits per heavy atom. The summed E-state index contributed by atoms with van der Waals surface area (Å²) >= 11 is 5.73. The molecule has 0 saturated heterocycles. The van der Waals surface area contributed by atoms with Crippen LogP contribution in [-0.2, 0) is 9.59 Å². The Labute approximate surface area is 121 Å². The van der Waals surface area contributed by atoms with Gasteiger partial charge in [-0.15, -0.1) is 0 Å². The van der Waals surface area contributed by atoms with Crippen LogP contribution in [0.5, 0.6) is 0 Å². The van der Waals surface area contributed by atoms with Crippen molar-refractivity contribution < 1.29 is 14.0 Å². The number of nitrogens with one attached hydrogen (secondary N) is 2. The number of hydrogen-bond donors (Lipinski definition) is 2. The van der Waals surface area contributed by atoms with Gasteiger partial charge in [0.1, 0.15) is 5.82 Å². The van der Waals surface area contributed by atoms with Crippen LogP contribution in [0.3, 0.4) is 0 Å². The van der Waals surface area contributed by atoms with Crippen LogP contribution < -0.4 is 10.6 Å². The highest BCUT2D eigenvalue weighted by atomic mass is 35.5. The van der Waals surface area contributed by atoms with E-state index in [1.165, 1.54) is 18.2 Å². The molecule has 0 unspecified atom stereocenters. The van der Waals surface area contributed by atoms with Crippen LogP contribution in [0, 0.1) is 17.7 Å². The molecular weight excluding hydrogens is 283 g/mol. The van der Waals surface area contributed by atoms with E-state index in [0.29, 0.717) is 10.9 Å². The first-order chi connectivity index (χ1) is 9.47. The first-order valence-electron chi connectivity index (χ1n) is 6.50. The fourth-order valence-corrected chi connectivity index (χ4v) is 2.10. The summed E-state index contributed by atoms with van der Waals surface area (Å²) in [5.41, 5.74) is 0.0460. The third-order valence-corrected chi connectivity index (χ3v) is 3.54. The van der Waals surface area contributed by atoms with Gasteiger partial charge in [0.2, 0.25) is 11.8 Å². The lowest BCUT2D eigenvalue weighted by Gasteiger charge is -2.07. The Kier molecular flexibility index (Phi) is 4.60. The molecule has 2 rings (SSSR count). The first-order valence-corrected chi connectivity index (χ1v) is 6.88. The van der Waals surface area contributed by atoms with Crippen molar-refractivity contribution >= 4 is 29.1 Å². The van der Waals surface area contributed by atoms with Crippen molar-refractivity contribution in [3.63, 3.8) is 0 Å². The van der Waals surface area contributed by atoms with Crippen molar-refractivity contribution in [1.82, 2.24) is 5.32 Å². The van der Waals surface area contributed by atoms with Crippen molar-refractivity contribution in [3.05, 3.63) is 29.0 Å². The van der Waals surface area contributed by atoms with E-state index in [4.69, 9.17) is 11.6 Å². The van der Waals surface area contributed by atoms with E-state index in [-0.39, 0.29) is 36.4 Å². The highest BCUT2D eigenvalue weighted by Crippen LogP contribution is 2.37. The molecule has 0 heterocycles. The average Bonchev–Trinajstić information content (AvgIpc) is 3.11. The summed E-state index contributed by atoms with van der Waals surface area (Å²) in [7, 11) is 0. The van der Waals surface area contributed by atoms with E-state index < -0.39 is 5.82 Å². The van der Waals surface area contributed by atoms with Crippen molar-refractivity contribution in [2.45, 2.75) is 19.8 Å². The number of rotatable bonds is 5. The maximum absolute atomic E-state index is 13.4. The maximum Gasteiger partial charge on any atom is 0.226 e. The first kappa shape index (κ1) is 14.8. The van der Waals surface area contributed by atoms with Crippen LogP contribution in [0.15, 0.2) is 18.2 Å². The topological polar surface area (TPSA) is 58.2 Å². The largest absolute Gasteiger partial charge is 0.355 e. The number of anilines is 1. The molecule has 1 saturated carbocycles. The fraction of sp³-hybridized carbons (Fsp3) is 0.429. The second-order valence-electron chi connectivity index (χ2n) is 5.03. The summed E-state index contributed by atoms with van der Waals surface area (Å²) in [6, 6.07) is 3.94. The molecule has 1 aromatic rings. The molecule has 20 heavy (non-hydrogen) atoms. The van der Waals surface area contributed by atoms with E-state index >= 15 is 0 Å². The van der Waals surface area contributed by atoms with Crippen LogP contribution in [0.1, 0.15) is 19.8 Å². The molecule has 1 fully saturated rings. The second-order valence-corrected chi connectivity index (χ2v) is 5.47. The molecule has 1 aliphatic rings. The monoisotopic (exact) mass is 298 g/mol. The zero-order chi connectivity index (χ0) is 14.7. The summed E-state index contributed by atoms with van der Waals surface area (Å²) in [4.78, 5) is 23.2. The summed E-state index contributed by atoms with van der Waals surface area (Å²) in [6.07, 6.45) is 1.00. The molecule has 108 valence electrons. The standard InChI is InChI=1S/C14H16ClFN2O2/c1-8-6-10(8)14(20)17-5-4-13(19)18-12-7-9(15)2-3-11(12)16/h2-3,7-8,10H,4-6H2,1H3,(H,17,20)(H,18,19)/t8-,10+/m1/s1. The molecule has 0 radical (unpaired) electrons. The summed E-state index contributed by atoms with van der Waals surface area (Å²) < 4.78 is 13.4. The Morgan fingerprint density at radius 1 is 1.45 bits per heavy atom. The predicted molar refractivity (Wildman–Crippen MR) is 74.9 cm³/mol. The molecule has 2 N–H and O–H groups in total.